The molecule has 0 rings (SSSR count). The number of hydrogen-bond donors (Lipinski definition) is 2. The van der Waals surface area contributed by atoms with Crippen molar-refractivity contribution in [3.8, 4) is 0 Å². The van der Waals surface area contributed by atoms with Crippen LogP contribution >= 0.6 is 0 Å². The van der Waals surface area contributed by atoms with Crippen molar-refractivity contribution in [2.24, 2.45) is 0 Å². The van der Waals surface area contributed by atoms with Gasteiger partial charge < -0.3 is 24.6 Å². The van der Waals surface area contributed by atoms with E-state index in [1.165, 1.54) is 0 Å². The summed E-state index contributed by atoms with van der Waals surface area (Å²) < 4.78 is 15.3. The first-order valence-electron chi connectivity index (χ1n) is 5.74. The van der Waals surface area contributed by atoms with Gasteiger partial charge in [0.2, 0.25) is 0 Å². The first-order valence-corrected chi connectivity index (χ1v) is 5.74. The maximum Gasteiger partial charge on any atom is 0.0897 e. The molecule has 16 heavy (non-hydrogen) atoms. The largest absolute Gasteiger partial charge is 0.389 e. The minimum Gasteiger partial charge on any atom is -0.389 e. The van der Waals surface area contributed by atoms with Gasteiger partial charge in [0.05, 0.1) is 38.6 Å². The third kappa shape index (κ3) is 11.9. The number of methoxy groups -OCH3 is 1. The Morgan fingerprint density at radius 1 is 1.19 bits per heavy atom. The van der Waals surface area contributed by atoms with Crippen molar-refractivity contribution >= 4 is 0 Å². The Bertz CT molecular complexity index is 144. The van der Waals surface area contributed by atoms with Gasteiger partial charge in [0.15, 0.2) is 0 Å². The number of rotatable bonds is 11. The molecule has 0 saturated heterocycles. The lowest BCUT2D eigenvalue weighted by Gasteiger charge is -2.13. The Morgan fingerprint density at radius 2 is 1.94 bits per heavy atom. The lowest BCUT2D eigenvalue weighted by atomic mass is 10.4. The number of aliphatic hydroxyl groups is 1. The topological polar surface area (TPSA) is 60.0 Å². The fraction of sp³-hybridized carbons (Fsp3) is 1.00. The highest BCUT2D eigenvalue weighted by atomic mass is 16.5. The molecule has 0 radical (unpaired) electrons. The van der Waals surface area contributed by atoms with Gasteiger partial charge in [-0.25, -0.2) is 0 Å². The maximum absolute atomic E-state index is 9.49. The summed E-state index contributed by atoms with van der Waals surface area (Å²) in [5, 5.41) is 12.6. The van der Waals surface area contributed by atoms with E-state index in [9.17, 15) is 5.11 Å². The molecule has 0 aromatic rings. The SMILES string of the molecule is COCCOCC(O)CNCCOC(C)C. The number of hydrogen-bond acceptors (Lipinski definition) is 5. The van der Waals surface area contributed by atoms with E-state index in [0.29, 0.717) is 33.0 Å². The van der Waals surface area contributed by atoms with Crippen molar-refractivity contribution in [2.75, 3.05) is 46.6 Å². The van der Waals surface area contributed by atoms with E-state index in [-0.39, 0.29) is 6.10 Å². The van der Waals surface area contributed by atoms with Crippen LogP contribution in [0.25, 0.3) is 0 Å². The van der Waals surface area contributed by atoms with Crippen LogP contribution in [0.2, 0.25) is 0 Å². The molecule has 0 aliphatic heterocycles. The third-order valence-corrected chi connectivity index (χ3v) is 1.85. The Kier molecular flexibility index (Phi) is 11.1. The average Bonchev–Trinajstić information content (AvgIpc) is 2.23. The molecule has 0 aliphatic carbocycles. The molecular formula is C11H25NO4. The highest BCUT2D eigenvalue weighted by Gasteiger charge is 2.03. The van der Waals surface area contributed by atoms with Crippen LogP contribution < -0.4 is 5.32 Å². The molecule has 0 amide bonds. The van der Waals surface area contributed by atoms with Crippen LogP contribution in [0, 0.1) is 0 Å². The van der Waals surface area contributed by atoms with E-state index in [1.807, 2.05) is 13.8 Å². The number of nitrogens with one attached hydrogen (secondary N) is 1. The second-order valence-corrected chi connectivity index (χ2v) is 3.85. The van der Waals surface area contributed by atoms with Gasteiger partial charge in [0, 0.05) is 20.2 Å². The van der Waals surface area contributed by atoms with E-state index in [4.69, 9.17) is 14.2 Å². The zero-order valence-electron chi connectivity index (χ0n) is 10.6. The minimum atomic E-state index is -0.476. The van der Waals surface area contributed by atoms with Gasteiger partial charge in [-0.2, -0.15) is 0 Å². The van der Waals surface area contributed by atoms with Crippen LogP contribution in [0.3, 0.4) is 0 Å². The Hall–Kier alpha value is -0.200. The van der Waals surface area contributed by atoms with Gasteiger partial charge in [-0.1, -0.05) is 0 Å². The molecule has 0 bridgehead atoms. The van der Waals surface area contributed by atoms with E-state index >= 15 is 0 Å². The normalized spacial score (nSPS) is 13.3. The molecule has 0 saturated carbocycles. The first kappa shape index (κ1) is 15.8. The molecule has 0 aromatic heterocycles. The summed E-state index contributed by atoms with van der Waals surface area (Å²) in [5.41, 5.74) is 0. The first-order chi connectivity index (χ1) is 7.66. The summed E-state index contributed by atoms with van der Waals surface area (Å²) >= 11 is 0. The van der Waals surface area contributed by atoms with Gasteiger partial charge in [0.1, 0.15) is 0 Å². The van der Waals surface area contributed by atoms with Crippen LogP contribution in [0.1, 0.15) is 13.8 Å². The summed E-state index contributed by atoms with van der Waals surface area (Å²) in [6.07, 6.45) is -0.222. The molecule has 5 heteroatoms. The van der Waals surface area contributed by atoms with Gasteiger partial charge in [-0.3, -0.25) is 0 Å². The smallest absolute Gasteiger partial charge is 0.0897 e. The van der Waals surface area contributed by atoms with Gasteiger partial charge >= 0.3 is 0 Å². The molecule has 0 aromatic carbocycles. The third-order valence-electron chi connectivity index (χ3n) is 1.85. The summed E-state index contributed by atoms with van der Waals surface area (Å²) in [6.45, 7) is 7.33. The van der Waals surface area contributed by atoms with E-state index in [1.54, 1.807) is 7.11 Å². The fourth-order valence-electron chi connectivity index (χ4n) is 1.06. The van der Waals surface area contributed by atoms with Crippen molar-refractivity contribution in [3.05, 3.63) is 0 Å². The maximum atomic E-state index is 9.49. The van der Waals surface area contributed by atoms with Gasteiger partial charge in [0.25, 0.3) is 0 Å². The number of aliphatic hydroxyl groups excluding tert-OH is 1. The lowest BCUT2D eigenvalue weighted by molar-refractivity contribution is 0.0125. The van der Waals surface area contributed by atoms with Gasteiger partial charge in [-0.15, -0.1) is 0 Å². The second-order valence-electron chi connectivity index (χ2n) is 3.85. The predicted molar refractivity (Wildman–Crippen MR) is 62.7 cm³/mol. The standard InChI is InChI=1S/C11H25NO4/c1-10(2)16-5-4-12-8-11(13)9-15-7-6-14-3/h10-13H,4-9H2,1-3H3. The molecule has 1 unspecified atom stereocenters. The molecule has 2 N–H and O–H groups in total. The molecule has 5 nitrogen and oxygen atoms in total. The van der Waals surface area contributed by atoms with Crippen molar-refractivity contribution in [1.29, 1.82) is 0 Å². The molecule has 0 fully saturated rings. The molecule has 1 atom stereocenters. The van der Waals surface area contributed by atoms with Crippen molar-refractivity contribution in [3.63, 3.8) is 0 Å². The second kappa shape index (κ2) is 11.3. The Balaban J connectivity index is 3.14. The highest BCUT2D eigenvalue weighted by Crippen LogP contribution is 1.87. The van der Waals surface area contributed by atoms with Crippen LogP contribution in [-0.2, 0) is 14.2 Å². The molecule has 0 heterocycles. The quantitative estimate of drug-likeness (QED) is 0.495. The zero-order chi connectivity index (χ0) is 12.2. The minimum absolute atomic E-state index is 0.254. The van der Waals surface area contributed by atoms with Crippen molar-refractivity contribution in [2.45, 2.75) is 26.1 Å². The Morgan fingerprint density at radius 3 is 2.56 bits per heavy atom. The monoisotopic (exact) mass is 235 g/mol. The molecule has 0 aliphatic rings. The molecule has 98 valence electrons. The van der Waals surface area contributed by atoms with Crippen LogP contribution in [-0.4, -0.2) is 63.9 Å². The summed E-state index contributed by atoms with van der Waals surface area (Å²) in [6, 6.07) is 0. The van der Waals surface area contributed by atoms with Crippen LogP contribution in [0.4, 0.5) is 0 Å². The molecule has 0 spiro atoms. The predicted octanol–water partition coefficient (Wildman–Crippen LogP) is 0.0249. The lowest BCUT2D eigenvalue weighted by Crippen LogP contribution is -2.33. The van der Waals surface area contributed by atoms with Crippen molar-refractivity contribution < 1.29 is 19.3 Å². The van der Waals surface area contributed by atoms with E-state index < -0.39 is 6.10 Å². The van der Waals surface area contributed by atoms with Gasteiger partial charge in [-0.05, 0) is 13.8 Å². The van der Waals surface area contributed by atoms with Crippen molar-refractivity contribution in [1.82, 2.24) is 5.32 Å². The molecular weight excluding hydrogens is 210 g/mol. The highest BCUT2D eigenvalue weighted by molar-refractivity contribution is 4.58. The Labute approximate surface area is 98.1 Å². The zero-order valence-corrected chi connectivity index (χ0v) is 10.6. The number of ether oxygens (including phenoxy) is 3. The summed E-state index contributed by atoms with van der Waals surface area (Å²) in [5.74, 6) is 0. The summed E-state index contributed by atoms with van der Waals surface area (Å²) in [7, 11) is 1.62. The van der Waals surface area contributed by atoms with E-state index in [0.717, 1.165) is 6.54 Å². The summed E-state index contributed by atoms with van der Waals surface area (Å²) in [4.78, 5) is 0. The van der Waals surface area contributed by atoms with Crippen LogP contribution in [0.15, 0.2) is 0 Å². The van der Waals surface area contributed by atoms with E-state index in [2.05, 4.69) is 5.32 Å². The van der Waals surface area contributed by atoms with Crippen LogP contribution in [0.5, 0.6) is 0 Å². The fourth-order valence-corrected chi connectivity index (χ4v) is 1.06. The average molecular weight is 235 g/mol.